The Labute approximate surface area is 70.2 Å². The maximum absolute atomic E-state index is 13.0. The van der Waals surface area contributed by atoms with Crippen molar-refractivity contribution < 1.29 is 8.78 Å². The van der Waals surface area contributed by atoms with Gasteiger partial charge in [0.05, 0.1) is 0 Å². The zero-order valence-corrected chi connectivity index (χ0v) is 6.56. The SMILES string of the molecule is Fc1cccc([CH]C2CC2)c1F. The lowest BCUT2D eigenvalue weighted by Crippen LogP contribution is -1.92. The summed E-state index contributed by atoms with van der Waals surface area (Å²) < 4.78 is 25.6. The fourth-order valence-electron chi connectivity index (χ4n) is 1.17. The highest BCUT2D eigenvalue weighted by molar-refractivity contribution is 5.27. The van der Waals surface area contributed by atoms with Gasteiger partial charge < -0.3 is 0 Å². The highest BCUT2D eigenvalue weighted by Crippen LogP contribution is 2.35. The van der Waals surface area contributed by atoms with Crippen LogP contribution in [0, 0.1) is 24.0 Å². The molecule has 0 aromatic heterocycles. The van der Waals surface area contributed by atoms with Crippen LogP contribution in [-0.4, -0.2) is 0 Å². The molecule has 1 fully saturated rings. The first kappa shape index (κ1) is 7.71. The topological polar surface area (TPSA) is 0 Å². The van der Waals surface area contributed by atoms with Crippen molar-refractivity contribution in [3.63, 3.8) is 0 Å². The Kier molecular flexibility index (Phi) is 1.83. The first-order valence-electron chi connectivity index (χ1n) is 4.06. The fourth-order valence-corrected chi connectivity index (χ4v) is 1.17. The molecule has 63 valence electrons. The van der Waals surface area contributed by atoms with Crippen molar-refractivity contribution in [3.05, 3.63) is 41.8 Å². The van der Waals surface area contributed by atoms with Crippen LogP contribution in [0.1, 0.15) is 18.4 Å². The molecule has 1 aromatic rings. The molecule has 0 heterocycles. The molecule has 2 heteroatoms. The molecule has 0 aliphatic heterocycles. The minimum Gasteiger partial charge on any atom is -0.204 e. The lowest BCUT2D eigenvalue weighted by atomic mass is 10.1. The van der Waals surface area contributed by atoms with Crippen molar-refractivity contribution in [2.75, 3.05) is 0 Å². The second kappa shape index (κ2) is 2.85. The van der Waals surface area contributed by atoms with Gasteiger partial charge in [0.2, 0.25) is 0 Å². The molecule has 1 aromatic carbocycles. The first-order chi connectivity index (χ1) is 5.77. The molecule has 12 heavy (non-hydrogen) atoms. The van der Waals surface area contributed by atoms with E-state index >= 15 is 0 Å². The Morgan fingerprint density at radius 3 is 2.67 bits per heavy atom. The van der Waals surface area contributed by atoms with Crippen molar-refractivity contribution >= 4 is 0 Å². The lowest BCUT2D eigenvalue weighted by molar-refractivity contribution is 0.503. The number of benzene rings is 1. The van der Waals surface area contributed by atoms with Gasteiger partial charge in [-0.05, 0) is 36.8 Å². The van der Waals surface area contributed by atoms with Crippen molar-refractivity contribution in [2.45, 2.75) is 12.8 Å². The van der Waals surface area contributed by atoms with Gasteiger partial charge in [0.1, 0.15) is 0 Å². The molecule has 1 saturated carbocycles. The predicted molar refractivity (Wildman–Crippen MR) is 42.5 cm³/mol. The number of hydrogen-bond donors (Lipinski definition) is 0. The normalized spacial score (nSPS) is 16.5. The highest BCUT2D eigenvalue weighted by Gasteiger charge is 2.23. The van der Waals surface area contributed by atoms with Gasteiger partial charge in [-0.3, -0.25) is 0 Å². The molecule has 0 bridgehead atoms. The molecule has 0 spiro atoms. The smallest absolute Gasteiger partial charge is 0.162 e. The molecule has 0 nitrogen and oxygen atoms in total. The van der Waals surface area contributed by atoms with Gasteiger partial charge in [0.25, 0.3) is 0 Å². The van der Waals surface area contributed by atoms with Gasteiger partial charge >= 0.3 is 0 Å². The molecule has 1 aliphatic rings. The number of rotatable bonds is 2. The fraction of sp³-hybridized carbons (Fsp3) is 0.300. The van der Waals surface area contributed by atoms with Crippen LogP contribution in [0.2, 0.25) is 0 Å². The second-order valence-corrected chi connectivity index (χ2v) is 3.15. The van der Waals surface area contributed by atoms with Crippen LogP contribution in [0.25, 0.3) is 0 Å². The number of halogens is 2. The van der Waals surface area contributed by atoms with E-state index in [1.54, 1.807) is 12.5 Å². The van der Waals surface area contributed by atoms with Gasteiger partial charge in [0, 0.05) is 0 Å². The van der Waals surface area contributed by atoms with Gasteiger partial charge in [-0.1, -0.05) is 12.1 Å². The Morgan fingerprint density at radius 2 is 2.00 bits per heavy atom. The molecule has 1 radical (unpaired) electrons. The van der Waals surface area contributed by atoms with Crippen LogP contribution < -0.4 is 0 Å². The van der Waals surface area contributed by atoms with Crippen LogP contribution in [0.15, 0.2) is 18.2 Å². The zero-order chi connectivity index (χ0) is 8.55. The standard InChI is InChI=1S/C10H9F2/c11-9-3-1-2-8(10(9)12)6-7-4-5-7/h1-3,6-7H,4-5H2. The van der Waals surface area contributed by atoms with Crippen LogP contribution in [-0.2, 0) is 0 Å². The molecule has 0 atom stereocenters. The zero-order valence-electron chi connectivity index (χ0n) is 6.56. The summed E-state index contributed by atoms with van der Waals surface area (Å²) in [4.78, 5) is 0. The van der Waals surface area contributed by atoms with E-state index in [-0.39, 0.29) is 0 Å². The molecule has 0 N–H and O–H groups in total. The lowest BCUT2D eigenvalue weighted by Gasteiger charge is -2.00. The van der Waals surface area contributed by atoms with E-state index in [0.29, 0.717) is 11.5 Å². The van der Waals surface area contributed by atoms with Gasteiger partial charge in [-0.25, -0.2) is 8.78 Å². The maximum atomic E-state index is 13.0. The summed E-state index contributed by atoms with van der Waals surface area (Å²) in [6.45, 7) is 0. The molecule has 1 aliphatic carbocycles. The first-order valence-corrected chi connectivity index (χ1v) is 4.06. The third kappa shape index (κ3) is 1.47. The summed E-state index contributed by atoms with van der Waals surface area (Å²) in [6, 6.07) is 4.28. The predicted octanol–water partition coefficient (Wildman–Crippen LogP) is 2.93. The van der Waals surface area contributed by atoms with Gasteiger partial charge in [-0.15, -0.1) is 0 Å². The Hall–Kier alpha value is -0.920. The van der Waals surface area contributed by atoms with Gasteiger partial charge in [0.15, 0.2) is 11.6 Å². The highest BCUT2D eigenvalue weighted by atomic mass is 19.2. The van der Waals surface area contributed by atoms with Crippen LogP contribution in [0.5, 0.6) is 0 Å². The van der Waals surface area contributed by atoms with E-state index in [1.807, 2.05) is 0 Å². The quantitative estimate of drug-likeness (QED) is 0.635. The molecular formula is C10H9F2. The minimum atomic E-state index is -0.760. The van der Waals surface area contributed by atoms with Crippen LogP contribution >= 0.6 is 0 Å². The van der Waals surface area contributed by atoms with E-state index < -0.39 is 11.6 Å². The van der Waals surface area contributed by atoms with Gasteiger partial charge in [-0.2, -0.15) is 0 Å². The summed E-state index contributed by atoms with van der Waals surface area (Å²) in [7, 11) is 0. The Bertz CT molecular complexity index is 290. The third-order valence-electron chi connectivity index (χ3n) is 2.02. The monoisotopic (exact) mass is 167 g/mol. The maximum Gasteiger partial charge on any atom is 0.162 e. The molecular weight excluding hydrogens is 158 g/mol. The van der Waals surface area contributed by atoms with Crippen molar-refractivity contribution in [1.29, 1.82) is 0 Å². The van der Waals surface area contributed by atoms with Crippen LogP contribution in [0.3, 0.4) is 0 Å². The molecule has 0 saturated heterocycles. The van der Waals surface area contributed by atoms with Crippen molar-refractivity contribution in [3.8, 4) is 0 Å². The van der Waals surface area contributed by atoms with Crippen molar-refractivity contribution in [2.24, 2.45) is 5.92 Å². The summed E-state index contributed by atoms with van der Waals surface area (Å²) in [5, 5.41) is 0. The average molecular weight is 167 g/mol. The average Bonchev–Trinajstić information content (AvgIpc) is 2.83. The van der Waals surface area contributed by atoms with E-state index in [9.17, 15) is 8.78 Å². The molecule has 0 unspecified atom stereocenters. The summed E-state index contributed by atoms with van der Waals surface area (Å²) >= 11 is 0. The van der Waals surface area contributed by atoms with E-state index in [2.05, 4.69) is 0 Å². The minimum absolute atomic E-state index is 0.400. The summed E-state index contributed by atoms with van der Waals surface area (Å²) in [5.41, 5.74) is 0.400. The second-order valence-electron chi connectivity index (χ2n) is 3.15. The Morgan fingerprint density at radius 1 is 1.25 bits per heavy atom. The van der Waals surface area contributed by atoms with E-state index in [4.69, 9.17) is 0 Å². The summed E-state index contributed by atoms with van der Waals surface area (Å²) in [6.07, 6.45) is 4.02. The van der Waals surface area contributed by atoms with Crippen LogP contribution in [0.4, 0.5) is 8.78 Å². The van der Waals surface area contributed by atoms with E-state index in [1.165, 1.54) is 6.07 Å². The molecule has 2 rings (SSSR count). The third-order valence-corrected chi connectivity index (χ3v) is 2.02. The Balaban J connectivity index is 2.23. The van der Waals surface area contributed by atoms with Crippen molar-refractivity contribution in [1.82, 2.24) is 0 Å². The largest absolute Gasteiger partial charge is 0.204 e. The van der Waals surface area contributed by atoms with E-state index in [0.717, 1.165) is 18.9 Å². The molecule has 0 amide bonds. The summed E-state index contributed by atoms with van der Waals surface area (Å²) in [5.74, 6) is -1.00. The number of hydrogen-bond acceptors (Lipinski definition) is 0.